The molecule has 3 aliphatic rings. The number of likely N-dealkylation sites (tertiary alicyclic amines) is 1. The summed E-state index contributed by atoms with van der Waals surface area (Å²) in [6.07, 6.45) is 4.54. The summed E-state index contributed by atoms with van der Waals surface area (Å²) >= 11 is 0. The second-order valence-corrected chi connectivity index (χ2v) is 8.07. The highest BCUT2D eigenvalue weighted by molar-refractivity contribution is 5.82. The first-order valence-electron chi connectivity index (χ1n) is 10.7. The van der Waals surface area contributed by atoms with Crippen molar-refractivity contribution in [3.8, 4) is 0 Å². The maximum Gasteiger partial charge on any atom is 0.239 e. The molecule has 2 unspecified atom stereocenters. The summed E-state index contributed by atoms with van der Waals surface area (Å²) in [5.41, 5.74) is 0. The zero-order valence-electron chi connectivity index (χ0n) is 17.1. The fourth-order valence-corrected chi connectivity index (χ4v) is 4.52. The van der Waals surface area contributed by atoms with Gasteiger partial charge in [0, 0.05) is 51.9 Å². The van der Waals surface area contributed by atoms with Crippen LogP contribution < -0.4 is 0 Å². The Morgan fingerprint density at radius 2 is 1.70 bits per heavy atom. The monoisotopic (exact) mass is 380 g/mol. The predicted octanol–water partition coefficient (Wildman–Crippen LogP) is 0.642. The van der Waals surface area contributed by atoms with Crippen molar-refractivity contribution in [2.75, 3.05) is 65.6 Å². The minimum atomic E-state index is -0.0892. The fraction of sp³-hybridized carbons (Fsp3) is 0.900. The molecule has 27 heavy (non-hydrogen) atoms. The van der Waals surface area contributed by atoms with Crippen molar-refractivity contribution in [1.29, 1.82) is 0 Å². The van der Waals surface area contributed by atoms with E-state index in [1.807, 2.05) is 11.8 Å². The molecule has 0 aromatic carbocycles. The topological polar surface area (TPSA) is 56.3 Å². The molecule has 0 aromatic heterocycles. The van der Waals surface area contributed by atoms with Crippen LogP contribution in [0.25, 0.3) is 0 Å². The molecule has 0 saturated carbocycles. The molecule has 7 nitrogen and oxygen atoms in total. The van der Waals surface area contributed by atoms with Crippen LogP contribution in [0.5, 0.6) is 0 Å². The highest BCUT2D eigenvalue weighted by Gasteiger charge is 2.33. The quantitative estimate of drug-likeness (QED) is 0.701. The number of carbonyl (C=O) groups excluding carboxylic acids is 2. The number of nitrogens with zero attached hydrogens (tertiary/aromatic N) is 4. The number of morpholine rings is 1. The standard InChI is InChI=1S/C20H36N4O3/c1-3-18-6-4-5-7-24(18)20(26)17(2)22-8-10-23(11-9-22)19(25)16-21-12-14-27-15-13-21/h17-18H,3-16H2,1-2H3. The second-order valence-electron chi connectivity index (χ2n) is 8.07. The van der Waals surface area contributed by atoms with Crippen molar-refractivity contribution in [3.63, 3.8) is 0 Å². The molecule has 3 heterocycles. The van der Waals surface area contributed by atoms with Gasteiger partial charge in [0.15, 0.2) is 0 Å². The zero-order chi connectivity index (χ0) is 19.2. The van der Waals surface area contributed by atoms with Crippen LogP contribution in [0.2, 0.25) is 0 Å². The van der Waals surface area contributed by atoms with Crippen LogP contribution in [0.3, 0.4) is 0 Å². The predicted molar refractivity (Wildman–Crippen MR) is 105 cm³/mol. The van der Waals surface area contributed by atoms with Crippen LogP contribution in [0.1, 0.15) is 39.5 Å². The summed E-state index contributed by atoms with van der Waals surface area (Å²) in [6, 6.07) is 0.318. The Morgan fingerprint density at radius 3 is 2.37 bits per heavy atom. The minimum absolute atomic E-state index is 0.0892. The molecule has 3 aliphatic heterocycles. The molecule has 154 valence electrons. The first kappa shape index (κ1) is 20.6. The summed E-state index contributed by atoms with van der Waals surface area (Å²) in [5, 5.41) is 0. The lowest BCUT2D eigenvalue weighted by atomic mass is 9.99. The SMILES string of the molecule is CCC1CCCCN1C(=O)C(C)N1CCN(C(=O)CN2CCOCC2)CC1. The van der Waals surface area contributed by atoms with E-state index in [1.165, 1.54) is 6.42 Å². The highest BCUT2D eigenvalue weighted by Crippen LogP contribution is 2.21. The van der Waals surface area contributed by atoms with Crippen molar-refractivity contribution in [2.45, 2.75) is 51.6 Å². The Kier molecular flexibility index (Phi) is 7.49. The molecule has 0 radical (unpaired) electrons. The van der Waals surface area contributed by atoms with Gasteiger partial charge in [0.1, 0.15) is 0 Å². The van der Waals surface area contributed by atoms with Gasteiger partial charge in [0.25, 0.3) is 0 Å². The summed E-state index contributed by atoms with van der Waals surface area (Å²) in [6.45, 7) is 11.7. The van der Waals surface area contributed by atoms with Gasteiger partial charge in [-0.2, -0.15) is 0 Å². The first-order chi connectivity index (χ1) is 13.1. The van der Waals surface area contributed by atoms with E-state index >= 15 is 0 Å². The van der Waals surface area contributed by atoms with Crippen molar-refractivity contribution in [1.82, 2.24) is 19.6 Å². The Hall–Kier alpha value is -1.18. The minimum Gasteiger partial charge on any atom is -0.379 e. The van der Waals surface area contributed by atoms with Gasteiger partial charge in [0.05, 0.1) is 25.8 Å². The number of piperidine rings is 1. The largest absolute Gasteiger partial charge is 0.379 e. The average Bonchev–Trinajstić information content (AvgIpc) is 2.73. The molecule has 3 saturated heterocycles. The van der Waals surface area contributed by atoms with Crippen LogP contribution in [-0.4, -0.2) is 109 Å². The third-order valence-corrected chi connectivity index (χ3v) is 6.42. The third kappa shape index (κ3) is 5.21. The van der Waals surface area contributed by atoms with Crippen molar-refractivity contribution in [2.24, 2.45) is 0 Å². The molecular weight excluding hydrogens is 344 g/mol. The van der Waals surface area contributed by atoms with Gasteiger partial charge in [-0.3, -0.25) is 19.4 Å². The second kappa shape index (κ2) is 9.85. The molecule has 0 bridgehead atoms. The van der Waals surface area contributed by atoms with Crippen LogP contribution in [0, 0.1) is 0 Å². The van der Waals surface area contributed by atoms with E-state index in [0.717, 1.165) is 78.3 Å². The lowest BCUT2D eigenvalue weighted by molar-refractivity contribution is -0.142. The van der Waals surface area contributed by atoms with Crippen LogP contribution in [0.4, 0.5) is 0 Å². The zero-order valence-corrected chi connectivity index (χ0v) is 17.1. The fourth-order valence-electron chi connectivity index (χ4n) is 4.52. The van der Waals surface area contributed by atoms with E-state index in [4.69, 9.17) is 4.74 Å². The molecule has 3 fully saturated rings. The van der Waals surface area contributed by atoms with E-state index in [1.54, 1.807) is 0 Å². The van der Waals surface area contributed by atoms with E-state index < -0.39 is 0 Å². The normalized spacial score (nSPS) is 26.8. The van der Waals surface area contributed by atoms with E-state index in [-0.39, 0.29) is 17.9 Å². The van der Waals surface area contributed by atoms with Gasteiger partial charge in [-0.05, 0) is 32.6 Å². The number of ether oxygens (including phenoxy) is 1. The Balaban J connectivity index is 1.46. The van der Waals surface area contributed by atoms with Crippen molar-refractivity contribution in [3.05, 3.63) is 0 Å². The Bertz CT molecular complexity index is 501. The molecule has 0 spiro atoms. The lowest BCUT2D eigenvalue weighted by Crippen LogP contribution is -2.58. The van der Waals surface area contributed by atoms with Gasteiger partial charge in [-0.15, -0.1) is 0 Å². The Labute approximate surface area is 163 Å². The smallest absolute Gasteiger partial charge is 0.239 e. The lowest BCUT2D eigenvalue weighted by Gasteiger charge is -2.42. The molecule has 7 heteroatoms. The highest BCUT2D eigenvalue weighted by atomic mass is 16.5. The van der Waals surface area contributed by atoms with E-state index in [0.29, 0.717) is 12.6 Å². The number of amides is 2. The number of rotatable bonds is 5. The molecule has 3 rings (SSSR count). The molecule has 2 amide bonds. The first-order valence-corrected chi connectivity index (χ1v) is 10.7. The van der Waals surface area contributed by atoms with Crippen LogP contribution in [-0.2, 0) is 14.3 Å². The number of hydrogen-bond donors (Lipinski definition) is 0. The summed E-state index contributed by atoms with van der Waals surface area (Å²) < 4.78 is 5.35. The van der Waals surface area contributed by atoms with Crippen LogP contribution in [0.15, 0.2) is 0 Å². The van der Waals surface area contributed by atoms with Gasteiger partial charge >= 0.3 is 0 Å². The molecule has 2 atom stereocenters. The summed E-state index contributed by atoms with van der Waals surface area (Å²) in [4.78, 5) is 34.1. The van der Waals surface area contributed by atoms with E-state index in [9.17, 15) is 9.59 Å². The number of carbonyl (C=O) groups is 2. The molecular formula is C20H36N4O3. The van der Waals surface area contributed by atoms with Gasteiger partial charge in [0.2, 0.25) is 11.8 Å². The number of hydrogen-bond acceptors (Lipinski definition) is 5. The number of piperazine rings is 1. The van der Waals surface area contributed by atoms with Crippen molar-refractivity contribution < 1.29 is 14.3 Å². The molecule has 0 aliphatic carbocycles. The van der Waals surface area contributed by atoms with Gasteiger partial charge in [-0.1, -0.05) is 6.92 Å². The molecule has 0 N–H and O–H groups in total. The molecule has 0 aromatic rings. The van der Waals surface area contributed by atoms with Crippen LogP contribution >= 0.6 is 0 Å². The van der Waals surface area contributed by atoms with E-state index in [2.05, 4.69) is 21.6 Å². The average molecular weight is 381 g/mol. The maximum absolute atomic E-state index is 13.0. The van der Waals surface area contributed by atoms with Gasteiger partial charge in [-0.25, -0.2) is 0 Å². The Morgan fingerprint density at radius 1 is 1.00 bits per heavy atom. The summed E-state index contributed by atoms with van der Waals surface area (Å²) in [5.74, 6) is 0.479. The summed E-state index contributed by atoms with van der Waals surface area (Å²) in [7, 11) is 0. The van der Waals surface area contributed by atoms with Crippen molar-refractivity contribution >= 4 is 11.8 Å². The maximum atomic E-state index is 13.0. The van der Waals surface area contributed by atoms with Gasteiger partial charge < -0.3 is 14.5 Å². The third-order valence-electron chi connectivity index (χ3n) is 6.42.